The van der Waals surface area contributed by atoms with Crippen LogP contribution in [0, 0.1) is 0 Å². The summed E-state index contributed by atoms with van der Waals surface area (Å²) in [6.45, 7) is 3.80. The summed E-state index contributed by atoms with van der Waals surface area (Å²) >= 11 is 0. The molecule has 0 amide bonds. The van der Waals surface area contributed by atoms with Crippen molar-refractivity contribution < 1.29 is 9.90 Å². The van der Waals surface area contributed by atoms with Crippen molar-refractivity contribution in [1.29, 1.82) is 0 Å². The smallest absolute Gasteiger partial charge is 0.354 e. The maximum Gasteiger partial charge on any atom is 0.354 e. The highest BCUT2D eigenvalue weighted by Gasteiger charge is 2.31. The van der Waals surface area contributed by atoms with Crippen LogP contribution in [0.5, 0.6) is 0 Å². The molecule has 0 atom stereocenters. The molecule has 3 aromatic rings. The van der Waals surface area contributed by atoms with Gasteiger partial charge in [-0.2, -0.15) is 5.10 Å². The Morgan fingerprint density at radius 2 is 1.82 bits per heavy atom. The molecule has 3 aromatic heterocycles. The van der Waals surface area contributed by atoms with E-state index in [-0.39, 0.29) is 5.69 Å². The lowest BCUT2D eigenvalue weighted by Gasteiger charge is -2.28. The molecule has 8 heteroatoms. The van der Waals surface area contributed by atoms with Crippen molar-refractivity contribution in [2.45, 2.75) is 63.3 Å². The van der Waals surface area contributed by atoms with Crippen LogP contribution in [0.25, 0.3) is 22.2 Å². The summed E-state index contributed by atoms with van der Waals surface area (Å²) in [4.78, 5) is 23.8. The summed E-state index contributed by atoms with van der Waals surface area (Å²) in [6.07, 6.45) is 11.2. The van der Waals surface area contributed by atoms with Crippen molar-refractivity contribution in [3.8, 4) is 11.1 Å². The molecular formula is C26H32N6O2. The van der Waals surface area contributed by atoms with Crippen LogP contribution < -0.4 is 10.2 Å². The van der Waals surface area contributed by atoms with Crippen molar-refractivity contribution >= 4 is 22.8 Å². The number of carbonyl (C=O) groups is 1. The molecule has 4 heterocycles. The summed E-state index contributed by atoms with van der Waals surface area (Å²) in [5, 5.41) is 19.4. The van der Waals surface area contributed by atoms with E-state index < -0.39 is 5.97 Å². The number of nitrogens with zero attached hydrogens (tertiary/aromatic N) is 5. The molecule has 0 radical (unpaired) electrons. The van der Waals surface area contributed by atoms with Crippen molar-refractivity contribution in [2.75, 3.05) is 31.1 Å². The predicted octanol–water partition coefficient (Wildman–Crippen LogP) is 4.37. The highest BCUT2D eigenvalue weighted by atomic mass is 16.4. The fourth-order valence-corrected chi connectivity index (χ4v) is 5.67. The first-order chi connectivity index (χ1) is 16.7. The first-order valence-electron chi connectivity index (χ1n) is 12.8. The van der Waals surface area contributed by atoms with Crippen LogP contribution in [0.3, 0.4) is 0 Å². The number of rotatable bonds is 5. The molecule has 0 aromatic carbocycles. The molecule has 1 aliphatic heterocycles. The maximum atomic E-state index is 12.1. The molecule has 6 rings (SSSR count). The Morgan fingerprint density at radius 1 is 1.03 bits per heavy atom. The molecule has 3 fully saturated rings. The topological polar surface area (TPSA) is 96.2 Å². The van der Waals surface area contributed by atoms with Gasteiger partial charge >= 0.3 is 5.97 Å². The van der Waals surface area contributed by atoms with Gasteiger partial charge in [-0.3, -0.25) is 0 Å². The lowest BCUT2D eigenvalue weighted by atomic mass is 9.81. The number of hydrogen-bond acceptors (Lipinski definition) is 6. The van der Waals surface area contributed by atoms with Gasteiger partial charge < -0.3 is 15.3 Å². The van der Waals surface area contributed by atoms with Gasteiger partial charge in [-0.05, 0) is 49.4 Å². The Labute approximate surface area is 199 Å². The number of aromatic carboxylic acids is 1. The van der Waals surface area contributed by atoms with E-state index in [1.54, 1.807) is 6.07 Å². The number of fused-ring (bicyclic) bond motifs is 1. The molecule has 34 heavy (non-hydrogen) atoms. The number of nitrogens with one attached hydrogen (secondary N) is 1. The minimum absolute atomic E-state index is 0.0748. The van der Waals surface area contributed by atoms with Gasteiger partial charge in [0.15, 0.2) is 11.3 Å². The molecule has 8 nitrogen and oxygen atoms in total. The molecule has 0 spiro atoms. The highest BCUT2D eigenvalue weighted by molar-refractivity contribution is 5.99. The number of anilines is 1. The third kappa shape index (κ3) is 3.83. The predicted molar refractivity (Wildman–Crippen MR) is 132 cm³/mol. The number of hydrogen-bond donors (Lipinski definition) is 2. The van der Waals surface area contributed by atoms with Gasteiger partial charge in [0.05, 0.1) is 17.1 Å². The number of aromatic nitrogens is 4. The number of carboxylic acid groups (broad SMARTS) is 1. The van der Waals surface area contributed by atoms with Gasteiger partial charge in [-0.1, -0.05) is 25.7 Å². The van der Waals surface area contributed by atoms with Crippen LogP contribution in [0.15, 0.2) is 24.4 Å². The highest BCUT2D eigenvalue weighted by Crippen LogP contribution is 2.43. The van der Waals surface area contributed by atoms with E-state index in [4.69, 9.17) is 10.1 Å². The van der Waals surface area contributed by atoms with Crippen LogP contribution >= 0.6 is 0 Å². The van der Waals surface area contributed by atoms with Gasteiger partial charge in [-0.25, -0.2) is 19.4 Å². The van der Waals surface area contributed by atoms with E-state index in [0.29, 0.717) is 12.0 Å². The summed E-state index contributed by atoms with van der Waals surface area (Å²) in [5.41, 5.74) is 3.72. The zero-order valence-corrected chi connectivity index (χ0v) is 19.5. The molecule has 2 saturated carbocycles. The molecule has 2 aliphatic carbocycles. The van der Waals surface area contributed by atoms with Gasteiger partial charge in [-0.15, -0.1) is 0 Å². The first-order valence-corrected chi connectivity index (χ1v) is 12.8. The van der Waals surface area contributed by atoms with Gasteiger partial charge in [0.2, 0.25) is 0 Å². The summed E-state index contributed by atoms with van der Waals surface area (Å²) < 4.78 is 2.07. The summed E-state index contributed by atoms with van der Waals surface area (Å²) in [7, 11) is 0. The minimum atomic E-state index is -1.00. The van der Waals surface area contributed by atoms with E-state index in [0.717, 1.165) is 85.5 Å². The number of pyridine rings is 2. The maximum absolute atomic E-state index is 12.1. The summed E-state index contributed by atoms with van der Waals surface area (Å²) in [5.74, 6) is 0.387. The van der Waals surface area contributed by atoms with E-state index in [1.807, 2.05) is 6.20 Å². The second-order valence-corrected chi connectivity index (χ2v) is 9.95. The number of piperazine rings is 1. The summed E-state index contributed by atoms with van der Waals surface area (Å²) in [6, 6.07) is 6.15. The molecule has 1 saturated heterocycles. The second kappa shape index (κ2) is 8.98. The molecule has 0 bridgehead atoms. The Balaban J connectivity index is 1.49. The largest absolute Gasteiger partial charge is 0.477 e. The fraction of sp³-hybridized carbons (Fsp3) is 0.538. The average molecular weight is 461 g/mol. The van der Waals surface area contributed by atoms with Crippen LogP contribution in [0.4, 0.5) is 5.82 Å². The van der Waals surface area contributed by atoms with Crippen molar-refractivity contribution in [2.24, 2.45) is 0 Å². The van der Waals surface area contributed by atoms with Crippen molar-refractivity contribution in [1.82, 2.24) is 25.1 Å². The van der Waals surface area contributed by atoms with Gasteiger partial charge in [0, 0.05) is 43.9 Å². The van der Waals surface area contributed by atoms with Crippen LogP contribution in [-0.2, 0) is 0 Å². The van der Waals surface area contributed by atoms with E-state index in [2.05, 4.69) is 32.0 Å². The standard InChI is InChI=1S/C26H32N6O2/c33-26(34)21-15-20(18-9-10-22(28-16-18)31-13-11-27-12-14-31)23-24(17-5-4-6-17)30-32(25(23)29-21)19-7-2-1-3-8-19/h9-10,15-17,19,27H,1-8,11-14H2,(H,33,34). The zero-order chi connectivity index (χ0) is 23.1. The first kappa shape index (κ1) is 21.5. The lowest BCUT2D eigenvalue weighted by Crippen LogP contribution is -2.43. The average Bonchev–Trinajstić information content (AvgIpc) is 3.23. The third-order valence-electron chi connectivity index (χ3n) is 7.82. The monoisotopic (exact) mass is 460 g/mol. The van der Waals surface area contributed by atoms with E-state index >= 15 is 0 Å². The van der Waals surface area contributed by atoms with Crippen LogP contribution in [-0.4, -0.2) is 57.0 Å². The van der Waals surface area contributed by atoms with Crippen LogP contribution in [0.1, 0.15) is 79.5 Å². The Hall–Kier alpha value is -3.00. The quantitative estimate of drug-likeness (QED) is 0.583. The second-order valence-electron chi connectivity index (χ2n) is 9.95. The molecule has 0 unspecified atom stereocenters. The van der Waals surface area contributed by atoms with Crippen molar-refractivity contribution in [3.05, 3.63) is 35.8 Å². The van der Waals surface area contributed by atoms with Crippen molar-refractivity contribution in [3.63, 3.8) is 0 Å². The third-order valence-corrected chi connectivity index (χ3v) is 7.82. The molecule has 3 aliphatic rings. The van der Waals surface area contributed by atoms with Gasteiger partial charge in [0.25, 0.3) is 0 Å². The van der Waals surface area contributed by atoms with Crippen LogP contribution in [0.2, 0.25) is 0 Å². The normalized spacial score (nSPS) is 19.9. The fourth-order valence-electron chi connectivity index (χ4n) is 5.67. The van der Waals surface area contributed by atoms with E-state index in [1.165, 1.54) is 25.7 Å². The Bertz CT molecular complexity index is 1190. The Kier molecular flexibility index (Phi) is 5.69. The Morgan fingerprint density at radius 3 is 2.47 bits per heavy atom. The zero-order valence-electron chi connectivity index (χ0n) is 19.5. The molecular weight excluding hydrogens is 428 g/mol. The molecule has 2 N–H and O–H groups in total. The SMILES string of the molecule is O=C(O)c1cc(-c2ccc(N3CCNCC3)nc2)c2c(C3CCC3)nn(C3CCCCC3)c2n1. The van der Waals surface area contributed by atoms with E-state index in [9.17, 15) is 9.90 Å². The molecule has 178 valence electrons. The lowest BCUT2D eigenvalue weighted by molar-refractivity contribution is 0.0691. The van der Waals surface area contributed by atoms with Gasteiger partial charge in [0.1, 0.15) is 5.82 Å². The minimum Gasteiger partial charge on any atom is -0.477 e. The number of carboxylic acids is 1.